The van der Waals surface area contributed by atoms with Gasteiger partial charge >= 0.3 is 6.18 Å². The monoisotopic (exact) mass is 580 g/mol. The molecule has 0 radical (unpaired) electrons. The van der Waals surface area contributed by atoms with Gasteiger partial charge in [-0.2, -0.15) is 13.2 Å². The van der Waals surface area contributed by atoms with E-state index in [1.165, 1.54) is 18.3 Å². The van der Waals surface area contributed by atoms with Crippen LogP contribution in [0.3, 0.4) is 0 Å². The average Bonchev–Trinajstić information content (AvgIpc) is 3.39. The summed E-state index contributed by atoms with van der Waals surface area (Å²) < 4.78 is 43.2. The maximum atomic E-state index is 14.3. The normalized spacial score (nSPS) is 22.8. The Morgan fingerprint density at radius 2 is 2.00 bits per heavy atom. The van der Waals surface area contributed by atoms with Crippen LogP contribution in [-0.4, -0.2) is 47.0 Å². The maximum Gasteiger partial charge on any atom is 0.400 e. The third-order valence-corrected chi connectivity index (χ3v) is 7.70. The van der Waals surface area contributed by atoms with E-state index in [2.05, 4.69) is 36.7 Å². The van der Waals surface area contributed by atoms with Crippen molar-refractivity contribution in [2.45, 2.75) is 24.1 Å². The predicted octanol–water partition coefficient (Wildman–Crippen LogP) is 4.54. The molecule has 2 N–H and O–H groups in total. The van der Waals surface area contributed by atoms with Crippen LogP contribution in [0.1, 0.15) is 23.2 Å². The predicted molar refractivity (Wildman–Crippen MR) is 125 cm³/mol. The number of aromatic nitrogens is 1. The molecule has 2 aliphatic heterocycles. The molecule has 0 saturated carbocycles. The third-order valence-electron chi connectivity index (χ3n) is 5.46. The van der Waals surface area contributed by atoms with Crippen molar-refractivity contribution >= 4 is 68.0 Å². The van der Waals surface area contributed by atoms with Gasteiger partial charge in [-0.25, -0.2) is 5.48 Å². The Morgan fingerprint density at radius 1 is 1.30 bits per heavy atom. The molecule has 13 heteroatoms. The molecule has 1 fully saturated rings. The molecule has 1 amide bonds. The topological polar surface area (TPSA) is 75.6 Å². The van der Waals surface area contributed by atoms with Crippen LogP contribution < -0.4 is 10.8 Å². The van der Waals surface area contributed by atoms with Gasteiger partial charge in [0.05, 0.1) is 26.8 Å². The zero-order chi connectivity index (χ0) is 24.0. The molecule has 1 saturated heterocycles. The number of benzene rings is 1. The molecule has 0 aliphatic carbocycles. The second-order valence-corrected chi connectivity index (χ2v) is 9.52. The molecule has 2 unspecified atom stereocenters. The van der Waals surface area contributed by atoms with Crippen molar-refractivity contribution in [1.82, 2.24) is 15.8 Å². The minimum Gasteiger partial charge on any atom is -0.361 e. The van der Waals surface area contributed by atoms with Gasteiger partial charge in [0, 0.05) is 23.9 Å². The van der Waals surface area contributed by atoms with Crippen LogP contribution in [0.25, 0.3) is 0 Å². The lowest BCUT2D eigenvalue weighted by Crippen LogP contribution is -2.43. The van der Waals surface area contributed by atoms with E-state index in [0.29, 0.717) is 15.7 Å². The number of nitrogens with zero attached hydrogens (tertiary/aromatic N) is 2. The number of pyridine rings is 1. The van der Waals surface area contributed by atoms with Crippen molar-refractivity contribution in [3.05, 3.63) is 61.8 Å². The lowest BCUT2D eigenvalue weighted by Gasteiger charge is -2.32. The lowest BCUT2D eigenvalue weighted by molar-refractivity contribution is -0.183. The Hall–Kier alpha value is -1.79. The fourth-order valence-corrected chi connectivity index (χ4v) is 4.56. The van der Waals surface area contributed by atoms with Gasteiger partial charge in [0.1, 0.15) is 23.1 Å². The number of thiocarbonyl (C=S) groups is 1. The highest BCUT2D eigenvalue weighted by Gasteiger charge is 2.58. The standard InChI is InChI=1S/C20H14BrCl2F3N4O2S/c21-16-11(22)3-10(4-12(16)23)19(20(24,25)26)5-14(28-8-19)9-1-2-13(27-6-9)18(33)29-15-7-32-30-17(15)31/h1-4,6,15H,5,7-8H2,(H,29,33)(H,30,31). The summed E-state index contributed by atoms with van der Waals surface area (Å²) in [7, 11) is 0. The zero-order valence-corrected chi connectivity index (χ0v) is 20.4. The van der Waals surface area contributed by atoms with Crippen LogP contribution in [-0.2, 0) is 15.0 Å². The number of halogens is 6. The second-order valence-electron chi connectivity index (χ2n) is 7.51. The van der Waals surface area contributed by atoms with E-state index in [0.717, 1.165) is 0 Å². The summed E-state index contributed by atoms with van der Waals surface area (Å²) in [6.07, 6.45) is -3.59. The Kier molecular flexibility index (Phi) is 6.71. The van der Waals surface area contributed by atoms with E-state index >= 15 is 0 Å². The van der Waals surface area contributed by atoms with E-state index in [4.69, 9.17) is 40.3 Å². The molecule has 0 bridgehead atoms. The molecule has 33 heavy (non-hydrogen) atoms. The fourth-order valence-electron chi connectivity index (χ4n) is 3.58. The van der Waals surface area contributed by atoms with Crippen molar-refractivity contribution in [3.63, 3.8) is 0 Å². The summed E-state index contributed by atoms with van der Waals surface area (Å²) in [6.45, 7) is -0.393. The molecular weight excluding hydrogens is 568 g/mol. The molecule has 4 rings (SSSR count). The lowest BCUT2D eigenvalue weighted by atomic mass is 9.76. The van der Waals surface area contributed by atoms with Crippen LogP contribution in [0.2, 0.25) is 10.0 Å². The fraction of sp³-hybridized carbons (Fsp3) is 0.300. The molecule has 1 aromatic carbocycles. The number of carbonyl (C=O) groups excluding carboxylic acids is 1. The first-order valence-corrected chi connectivity index (χ1v) is 11.4. The van der Waals surface area contributed by atoms with Crippen LogP contribution in [0.5, 0.6) is 0 Å². The third kappa shape index (κ3) is 4.61. The number of amides is 1. The number of hydroxylamine groups is 1. The van der Waals surface area contributed by atoms with Gasteiger partial charge < -0.3 is 5.32 Å². The molecule has 2 aliphatic rings. The summed E-state index contributed by atoms with van der Waals surface area (Å²) in [5.74, 6) is -0.356. The van der Waals surface area contributed by atoms with Crippen LogP contribution >= 0.6 is 51.3 Å². The molecule has 3 heterocycles. The molecule has 174 valence electrons. The first-order valence-electron chi connectivity index (χ1n) is 9.46. The highest BCUT2D eigenvalue weighted by Crippen LogP contribution is 2.49. The molecule has 6 nitrogen and oxygen atoms in total. The number of hydrogen-bond donors (Lipinski definition) is 2. The van der Waals surface area contributed by atoms with Crippen molar-refractivity contribution in [2.24, 2.45) is 4.99 Å². The quantitative estimate of drug-likeness (QED) is 0.410. The van der Waals surface area contributed by atoms with Gasteiger partial charge in [-0.15, -0.1) is 0 Å². The molecule has 2 aromatic rings. The smallest absolute Gasteiger partial charge is 0.361 e. The first-order chi connectivity index (χ1) is 15.5. The van der Waals surface area contributed by atoms with E-state index in [1.807, 2.05) is 0 Å². The highest BCUT2D eigenvalue weighted by atomic mass is 79.9. The van der Waals surface area contributed by atoms with E-state index in [-0.39, 0.29) is 38.8 Å². The van der Waals surface area contributed by atoms with Gasteiger partial charge in [-0.05, 0) is 45.8 Å². The van der Waals surface area contributed by atoms with Gasteiger partial charge in [0.2, 0.25) is 0 Å². The van der Waals surface area contributed by atoms with Gasteiger partial charge in [0.15, 0.2) is 0 Å². The molecule has 0 spiro atoms. The molecule has 1 aromatic heterocycles. The summed E-state index contributed by atoms with van der Waals surface area (Å²) >= 11 is 20.6. The molecular formula is C20H14BrCl2F3N4O2S. The van der Waals surface area contributed by atoms with Crippen LogP contribution in [0.4, 0.5) is 13.2 Å². The van der Waals surface area contributed by atoms with Gasteiger partial charge in [-0.1, -0.05) is 35.4 Å². The maximum absolute atomic E-state index is 14.3. The number of hydrogen-bond acceptors (Lipinski definition) is 5. The number of alkyl halides is 3. The Morgan fingerprint density at radius 3 is 2.55 bits per heavy atom. The molecule has 2 atom stereocenters. The SMILES string of the molecule is O=C1NOCC1NC(=S)c1ccc(C2=NCC(c3cc(Cl)c(Br)c(Cl)c3)(C(F)(F)F)C2)cn1. The van der Waals surface area contributed by atoms with E-state index in [1.54, 1.807) is 12.1 Å². The number of aliphatic imine (C=N–C) groups is 1. The number of nitrogens with one attached hydrogen (secondary N) is 2. The van der Waals surface area contributed by atoms with Crippen LogP contribution in [0.15, 0.2) is 39.9 Å². The van der Waals surface area contributed by atoms with Gasteiger partial charge in [0.25, 0.3) is 5.91 Å². The van der Waals surface area contributed by atoms with Crippen molar-refractivity contribution < 1.29 is 22.8 Å². The second kappa shape index (κ2) is 9.10. The van der Waals surface area contributed by atoms with E-state index < -0.39 is 30.6 Å². The summed E-state index contributed by atoms with van der Waals surface area (Å²) in [5.41, 5.74) is 0.938. The van der Waals surface area contributed by atoms with Gasteiger partial charge in [-0.3, -0.25) is 19.6 Å². The van der Waals surface area contributed by atoms with Crippen molar-refractivity contribution in [2.75, 3.05) is 13.2 Å². The minimum absolute atomic E-state index is 0.0565. The number of carbonyl (C=O) groups is 1. The highest BCUT2D eigenvalue weighted by molar-refractivity contribution is 9.10. The minimum atomic E-state index is -4.60. The van der Waals surface area contributed by atoms with Crippen molar-refractivity contribution in [3.8, 4) is 0 Å². The van der Waals surface area contributed by atoms with E-state index in [9.17, 15) is 18.0 Å². The Labute approximate surface area is 210 Å². The summed E-state index contributed by atoms with van der Waals surface area (Å²) in [5, 5.41) is 3.00. The largest absolute Gasteiger partial charge is 0.400 e. The number of rotatable bonds is 4. The summed E-state index contributed by atoms with van der Waals surface area (Å²) in [4.78, 5) is 25.0. The zero-order valence-electron chi connectivity index (χ0n) is 16.5. The summed E-state index contributed by atoms with van der Waals surface area (Å²) in [6, 6.07) is 5.03. The average molecular weight is 582 g/mol. The first kappa shape index (κ1) is 24.3. The Balaban J connectivity index is 1.56. The van der Waals surface area contributed by atoms with Crippen molar-refractivity contribution in [1.29, 1.82) is 0 Å². The van der Waals surface area contributed by atoms with Crippen LogP contribution in [0, 0.1) is 0 Å². The Bertz CT molecular complexity index is 1140.